The van der Waals surface area contributed by atoms with Crippen LogP contribution in [0.4, 0.5) is 0 Å². The fourth-order valence-electron chi connectivity index (χ4n) is 4.80. The van der Waals surface area contributed by atoms with Crippen LogP contribution in [0, 0.1) is 5.92 Å². The van der Waals surface area contributed by atoms with Gasteiger partial charge in [-0.3, -0.25) is 14.3 Å². The van der Waals surface area contributed by atoms with Crippen LogP contribution >= 0.6 is 0 Å². The summed E-state index contributed by atoms with van der Waals surface area (Å²) in [6.45, 7) is 2.20. The Bertz CT molecular complexity index is 1120. The van der Waals surface area contributed by atoms with Crippen molar-refractivity contribution in [3.05, 3.63) is 47.9 Å². The Hall–Kier alpha value is -3.16. The summed E-state index contributed by atoms with van der Waals surface area (Å²) in [6.07, 6.45) is 11.4. The highest BCUT2D eigenvalue weighted by atomic mass is 16.2. The molecule has 1 aliphatic heterocycles. The van der Waals surface area contributed by atoms with Crippen molar-refractivity contribution in [2.75, 3.05) is 13.1 Å². The van der Waals surface area contributed by atoms with Gasteiger partial charge in [-0.1, -0.05) is 23.4 Å². The van der Waals surface area contributed by atoms with Crippen molar-refractivity contribution in [2.45, 2.75) is 64.0 Å². The maximum absolute atomic E-state index is 13.1. The lowest BCUT2D eigenvalue weighted by Crippen LogP contribution is -2.44. The van der Waals surface area contributed by atoms with Crippen molar-refractivity contribution in [3.63, 3.8) is 0 Å². The maximum Gasteiger partial charge on any atom is 0.273 e. The van der Waals surface area contributed by atoms with Crippen LogP contribution < -0.4 is 5.32 Å². The smallest absolute Gasteiger partial charge is 0.273 e. The van der Waals surface area contributed by atoms with E-state index in [0.29, 0.717) is 24.6 Å². The number of piperidine rings is 1. The monoisotopic (exact) mass is 448 g/mol. The van der Waals surface area contributed by atoms with E-state index in [1.54, 1.807) is 10.9 Å². The SMILES string of the molecule is O=C(NCC1CC1)c1cn(CCC2CCCCN2C(=O)CCc2c[nH]c3ccccc23)nn1. The minimum Gasteiger partial charge on any atom is -0.361 e. The van der Waals surface area contributed by atoms with Gasteiger partial charge in [0.2, 0.25) is 5.91 Å². The zero-order valence-electron chi connectivity index (χ0n) is 19.0. The third kappa shape index (κ3) is 5.26. The van der Waals surface area contributed by atoms with Gasteiger partial charge in [0.25, 0.3) is 5.91 Å². The third-order valence-corrected chi connectivity index (χ3v) is 6.94. The van der Waals surface area contributed by atoms with E-state index in [4.69, 9.17) is 0 Å². The molecule has 1 saturated heterocycles. The molecule has 8 nitrogen and oxygen atoms in total. The number of aromatic nitrogens is 4. The number of hydrogen-bond donors (Lipinski definition) is 2. The molecule has 2 amide bonds. The lowest BCUT2D eigenvalue weighted by atomic mass is 9.98. The molecular formula is C25H32N6O2. The molecule has 3 aromatic rings. The van der Waals surface area contributed by atoms with Gasteiger partial charge in [-0.05, 0) is 62.5 Å². The highest BCUT2D eigenvalue weighted by Crippen LogP contribution is 2.27. The van der Waals surface area contributed by atoms with Crippen molar-refractivity contribution in [1.82, 2.24) is 30.2 Å². The highest BCUT2D eigenvalue weighted by molar-refractivity contribution is 5.91. The molecule has 2 fully saturated rings. The zero-order valence-corrected chi connectivity index (χ0v) is 19.0. The zero-order chi connectivity index (χ0) is 22.6. The Morgan fingerprint density at radius 1 is 1.15 bits per heavy atom. The fourth-order valence-corrected chi connectivity index (χ4v) is 4.80. The van der Waals surface area contributed by atoms with Crippen LogP contribution in [0.2, 0.25) is 0 Å². The number of hydrogen-bond acceptors (Lipinski definition) is 4. The molecule has 1 aromatic carbocycles. The van der Waals surface area contributed by atoms with Crippen molar-refractivity contribution in [1.29, 1.82) is 0 Å². The molecule has 1 saturated carbocycles. The Labute approximate surface area is 193 Å². The van der Waals surface area contributed by atoms with Crippen molar-refractivity contribution >= 4 is 22.7 Å². The molecule has 1 unspecified atom stereocenters. The van der Waals surface area contributed by atoms with E-state index in [-0.39, 0.29) is 17.9 Å². The molecule has 33 heavy (non-hydrogen) atoms. The lowest BCUT2D eigenvalue weighted by molar-refractivity contribution is -0.135. The van der Waals surface area contributed by atoms with Crippen LogP contribution in [0.25, 0.3) is 10.9 Å². The number of H-pyrrole nitrogens is 1. The summed E-state index contributed by atoms with van der Waals surface area (Å²) < 4.78 is 1.73. The molecular weight excluding hydrogens is 416 g/mol. The summed E-state index contributed by atoms with van der Waals surface area (Å²) in [5, 5.41) is 12.3. The highest BCUT2D eigenvalue weighted by Gasteiger charge is 2.27. The Balaban J connectivity index is 1.14. The van der Waals surface area contributed by atoms with E-state index in [0.717, 1.165) is 50.7 Å². The molecule has 0 radical (unpaired) electrons. The molecule has 0 bridgehead atoms. The van der Waals surface area contributed by atoms with Crippen molar-refractivity contribution in [2.24, 2.45) is 5.92 Å². The van der Waals surface area contributed by atoms with Gasteiger partial charge in [0.05, 0.1) is 6.20 Å². The van der Waals surface area contributed by atoms with Gasteiger partial charge in [-0.25, -0.2) is 0 Å². The van der Waals surface area contributed by atoms with Crippen molar-refractivity contribution < 1.29 is 9.59 Å². The predicted molar refractivity (Wildman–Crippen MR) is 126 cm³/mol. The summed E-state index contributed by atoms with van der Waals surface area (Å²) in [6, 6.07) is 8.44. The van der Waals surface area contributed by atoms with E-state index >= 15 is 0 Å². The van der Waals surface area contributed by atoms with E-state index in [9.17, 15) is 9.59 Å². The number of likely N-dealkylation sites (tertiary alicyclic amines) is 1. The van der Waals surface area contributed by atoms with Gasteiger partial charge in [0.15, 0.2) is 5.69 Å². The number of nitrogens with zero attached hydrogens (tertiary/aromatic N) is 4. The summed E-state index contributed by atoms with van der Waals surface area (Å²) in [5.74, 6) is 0.707. The number of carbonyl (C=O) groups excluding carboxylic acids is 2. The number of aromatic amines is 1. The first kappa shape index (κ1) is 21.7. The van der Waals surface area contributed by atoms with E-state index in [1.165, 1.54) is 23.8 Å². The number of aryl methyl sites for hydroxylation is 2. The number of para-hydroxylation sites is 1. The molecule has 2 aromatic heterocycles. The second-order valence-electron chi connectivity index (χ2n) is 9.41. The standard InChI is InChI=1S/C25H32N6O2/c32-24(11-10-19-16-26-22-7-2-1-6-21(19)22)31-13-4-3-5-20(31)12-14-30-17-23(28-29-30)25(33)27-15-18-8-9-18/h1-2,6-7,16-18,20,26H,3-5,8-15H2,(H,27,33). The van der Waals surface area contributed by atoms with Gasteiger partial charge >= 0.3 is 0 Å². The Kier molecular flexibility index (Phi) is 6.41. The number of benzene rings is 1. The quantitative estimate of drug-likeness (QED) is 0.525. The van der Waals surface area contributed by atoms with Gasteiger partial charge < -0.3 is 15.2 Å². The van der Waals surface area contributed by atoms with Crippen LogP contribution in [0.1, 0.15) is 61.0 Å². The Morgan fingerprint density at radius 2 is 2.03 bits per heavy atom. The van der Waals surface area contributed by atoms with E-state index in [2.05, 4.69) is 37.6 Å². The van der Waals surface area contributed by atoms with Crippen LogP contribution in [0.5, 0.6) is 0 Å². The normalized spacial score (nSPS) is 18.5. The van der Waals surface area contributed by atoms with Crippen molar-refractivity contribution in [3.8, 4) is 0 Å². The summed E-state index contributed by atoms with van der Waals surface area (Å²) in [7, 11) is 0. The number of amides is 2. The number of nitrogens with one attached hydrogen (secondary N) is 2. The largest absolute Gasteiger partial charge is 0.361 e. The summed E-state index contributed by atoms with van der Waals surface area (Å²) >= 11 is 0. The molecule has 1 atom stereocenters. The second kappa shape index (κ2) is 9.77. The van der Waals surface area contributed by atoms with Crippen LogP contribution in [0.3, 0.4) is 0 Å². The average Bonchev–Trinajstić information content (AvgIpc) is 3.40. The van der Waals surface area contributed by atoms with E-state index in [1.807, 2.05) is 18.3 Å². The van der Waals surface area contributed by atoms with Gasteiger partial charge in [-0.2, -0.15) is 0 Å². The Morgan fingerprint density at radius 3 is 2.91 bits per heavy atom. The molecule has 0 spiro atoms. The average molecular weight is 449 g/mol. The first-order valence-electron chi connectivity index (χ1n) is 12.2. The number of carbonyl (C=O) groups is 2. The molecule has 3 heterocycles. The second-order valence-corrected chi connectivity index (χ2v) is 9.41. The number of fused-ring (bicyclic) bond motifs is 1. The molecule has 8 heteroatoms. The fraction of sp³-hybridized carbons (Fsp3) is 0.520. The minimum absolute atomic E-state index is 0.153. The summed E-state index contributed by atoms with van der Waals surface area (Å²) in [4.78, 5) is 30.7. The lowest BCUT2D eigenvalue weighted by Gasteiger charge is -2.36. The first-order chi connectivity index (χ1) is 16.2. The molecule has 5 rings (SSSR count). The van der Waals surface area contributed by atoms with Gasteiger partial charge in [-0.15, -0.1) is 5.10 Å². The van der Waals surface area contributed by atoms with Crippen LogP contribution in [-0.2, 0) is 17.8 Å². The van der Waals surface area contributed by atoms with Gasteiger partial charge in [0.1, 0.15) is 0 Å². The van der Waals surface area contributed by atoms with Crippen LogP contribution in [0.15, 0.2) is 36.7 Å². The maximum atomic E-state index is 13.1. The minimum atomic E-state index is -0.153. The molecule has 174 valence electrons. The first-order valence-corrected chi connectivity index (χ1v) is 12.2. The molecule has 2 N–H and O–H groups in total. The predicted octanol–water partition coefficient (Wildman–Crippen LogP) is 3.30. The molecule has 2 aliphatic rings. The third-order valence-electron chi connectivity index (χ3n) is 6.94. The summed E-state index contributed by atoms with van der Waals surface area (Å²) in [5.41, 5.74) is 2.68. The van der Waals surface area contributed by atoms with E-state index < -0.39 is 0 Å². The topological polar surface area (TPSA) is 95.9 Å². The number of rotatable bonds is 9. The molecule has 1 aliphatic carbocycles. The van der Waals surface area contributed by atoms with Crippen LogP contribution in [-0.4, -0.2) is 55.8 Å². The van der Waals surface area contributed by atoms with Gasteiger partial charge in [0, 0.05) is 49.2 Å².